The largest absolute Gasteiger partial charge is 0.493 e. The van der Waals surface area contributed by atoms with Crippen molar-refractivity contribution in [3.63, 3.8) is 0 Å². The van der Waals surface area contributed by atoms with Crippen LogP contribution in [0.1, 0.15) is 18.5 Å². The summed E-state index contributed by atoms with van der Waals surface area (Å²) in [5.74, 6) is -0.866. The van der Waals surface area contributed by atoms with Crippen LogP contribution in [0.15, 0.2) is 42.5 Å². The van der Waals surface area contributed by atoms with E-state index in [-0.39, 0.29) is 6.61 Å². The molecule has 1 N–H and O–H groups in total. The summed E-state index contributed by atoms with van der Waals surface area (Å²) in [5.41, 5.74) is 2.12. The van der Waals surface area contributed by atoms with Crippen molar-refractivity contribution in [1.29, 1.82) is 0 Å². The van der Waals surface area contributed by atoms with E-state index in [4.69, 9.17) is 14.2 Å². The normalized spacial score (nSPS) is 18.1. The van der Waals surface area contributed by atoms with Gasteiger partial charge in [0.15, 0.2) is 17.4 Å². The number of hydrogen-bond acceptors (Lipinski definition) is 6. The van der Waals surface area contributed by atoms with E-state index in [0.717, 1.165) is 5.52 Å². The molecule has 8 nitrogen and oxygen atoms in total. The lowest BCUT2D eigenvalue weighted by Crippen LogP contribution is -2.43. The van der Waals surface area contributed by atoms with Crippen LogP contribution < -0.4 is 14.8 Å². The number of nitrogens with one attached hydrogen (secondary N) is 1. The van der Waals surface area contributed by atoms with E-state index in [1.54, 1.807) is 19.1 Å². The molecule has 0 aliphatic carbocycles. The van der Waals surface area contributed by atoms with E-state index >= 15 is 0 Å². The van der Waals surface area contributed by atoms with Crippen LogP contribution in [0, 0.1) is 5.92 Å². The molecule has 1 aliphatic heterocycles. The van der Waals surface area contributed by atoms with Crippen molar-refractivity contribution in [2.75, 3.05) is 26.1 Å². The van der Waals surface area contributed by atoms with E-state index in [9.17, 15) is 9.59 Å². The van der Waals surface area contributed by atoms with Gasteiger partial charge in [0.1, 0.15) is 0 Å². The summed E-state index contributed by atoms with van der Waals surface area (Å²) < 4.78 is 18.1. The standard InChI is InChI=1S/C21H21N3O5/c1-4-29-20(26)16-17(12-8-7-11-15(27-2)18(12)28-3)24-14-10-6-5-9-13(14)22-21(24)23-19(16)25/h5-11,16-17H,4H2,1-3H3,(H,22,23,25)/t16-,17+/m0/s1. The van der Waals surface area contributed by atoms with Crippen molar-refractivity contribution in [2.45, 2.75) is 13.0 Å². The number of amides is 1. The molecule has 4 rings (SSSR count). The molecule has 0 saturated heterocycles. The minimum Gasteiger partial charge on any atom is -0.493 e. The quantitative estimate of drug-likeness (QED) is 0.528. The lowest BCUT2D eigenvalue weighted by atomic mass is 9.89. The van der Waals surface area contributed by atoms with Crippen molar-refractivity contribution in [3.8, 4) is 11.5 Å². The van der Waals surface area contributed by atoms with Gasteiger partial charge < -0.3 is 18.8 Å². The molecule has 0 radical (unpaired) electrons. The van der Waals surface area contributed by atoms with Gasteiger partial charge in [0.25, 0.3) is 0 Å². The first-order valence-electron chi connectivity index (χ1n) is 9.26. The number of para-hydroxylation sites is 3. The number of imidazole rings is 1. The number of methoxy groups -OCH3 is 2. The Kier molecular flexibility index (Phi) is 4.84. The number of ether oxygens (including phenoxy) is 3. The third-order valence-corrected chi connectivity index (χ3v) is 5.00. The molecule has 0 saturated carbocycles. The molecule has 1 amide bonds. The maximum absolute atomic E-state index is 13.0. The highest BCUT2D eigenvalue weighted by Gasteiger charge is 2.45. The fraction of sp³-hybridized carbons (Fsp3) is 0.286. The Bertz CT molecular complexity index is 1090. The maximum atomic E-state index is 13.0. The van der Waals surface area contributed by atoms with Crippen LogP contribution in [0.2, 0.25) is 0 Å². The SMILES string of the molecule is CCOC(=O)[C@@H]1C(=O)Nc2nc3ccccc3n2[C@@H]1c1cccc(OC)c1OC. The molecule has 29 heavy (non-hydrogen) atoms. The molecular weight excluding hydrogens is 374 g/mol. The van der Waals surface area contributed by atoms with Gasteiger partial charge in [-0.05, 0) is 25.1 Å². The Labute approximate surface area is 167 Å². The van der Waals surface area contributed by atoms with E-state index in [1.165, 1.54) is 14.2 Å². The van der Waals surface area contributed by atoms with Crippen LogP contribution in [0.4, 0.5) is 5.95 Å². The van der Waals surface area contributed by atoms with Crippen molar-refractivity contribution < 1.29 is 23.8 Å². The highest BCUT2D eigenvalue weighted by molar-refractivity contribution is 6.07. The number of carbonyl (C=O) groups excluding carboxylic acids is 2. The zero-order valence-electron chi connectivity index (χ0n) is 16.3. The lowest BCUT2D eigenvalue weighted by Gasteiger charge is -2.33. The summed E-state index contributed by atoms with van der Waals surface area (Å²) >= 11 is 0. The zero-order chi connectivity index (χ0) is 20.5. The minimum atomic E-state index is -1.11. The number of aromatic nitrogens is 2. The number of carbonyl (C=O) groups is 2. The fourth-order valence-electron chi connectivity index (χ4n) is 3.83. The Morgan fingerprint density at radius 3 is 2.66 bits per heavy atom. The van der Waals surface area contributed by atoms with Crippen molar-refractivity contribution >= 4 is 28.9 Å². The number of anilines is 1. The van der Waals surface area contributed by atoms with E-state index < -0.39 is 23.8 Å². The predicted octanol–water partition coefficient (Wildman–Crippen LogP) is 2.77. The Hall–Kier alpha value is -3.55. The van der Waals surface area contributed by atoms with Crippen LogP contribution in [0.25, 0.3) is 11.0 Å². The van der Waals surface area contributed by atoms with Crippen molar-refractivity contribution in [2.24, 2.45) is 5.92 Å². The summed E-state index contributed by atoms with van der Waals surface area (Å²) in [4.78, 5) is 30.3. The molecule has 0 bridgehead atoms. The molecule has 0 unspecified atom stereocenters. The first-order valence-corrected chi connectivity index (χ1v) is 9.26. The second kappa shape index (κ2) is 7.46. The molecule has 1 aliphatic rings. The van der Waals surface area contributed by atoms with E-state index in [0.29, 0.717) is 28.5 Å². The molecule has 2 atom stereocenters. The average molecular weight is 395 g/mol. The molecule has 3 aromatic rings. The van der Waals surface area contributed by atoms with Gasteiger partial charge in [-0.15, -0.1) is 0 Å². The van der Waals surface area contributed by atoms with Gasteiger partial charge in [-0.2, -0.15) is 0 Å². The highest BCUT2D eigenvalue weighted by Crippen LogP contribution is 2.44. The Morgan fingerprint density at radius 1 is 1.14 bits per heavy atom. The summed E-state index contributed by atoms with van der Waals surface area (Å²) in [6, 6.07) is 12.2. The van der Waals surface area contributed by atoms with Gasteiger partial charge in [-0.1, -0.05) is 24.3 Å². The highest BCUT2D eigenvalue weighted by atomic mass is 16.5. The first kappa shape index (κ1) is 18.8. The lowest BCUT2D eigenvalue weighted by molar-refractivity contribution is -0.152. The van der Waals surface area contributed by atoms with Gasteiger partial charge in [0, 0.05) is 5.56 Å². The van der Waals surface area contributed by atoms with Crippen molar-refractivity contribution in [1.82, 2.24) is 9.55 Å². The minimum absolute atomic E-state index is 0.169. The van der Waals surface area contributed by atoms with Gasteiger partial charge in [0.2, 0.25) is 11.9 Å². The maximum Gasteiger partial charge on any atom is 0.321 e. The predicted molar refractivity (Wildman–Crippen MR) is 106 cm³/mol. The number of rotatable bonds is 5. The summed E-state index contributed by atoms with van der Waals surface area (Å²) in [6.45, 7) is 1.87. The second-order valence-corrected chi connectivity index (χ2v) is 6.54. The molecule has 1 aromatic heterocycles. The van der Waals surface area contributed by atoms with Gasteiger partial charge in [-0.25, -0.2) is 4.98 Å². The smallest absolute Gasteiger partial charge is 0.321 e. The second-order valence-electron chi connectivity index (χ2n) is 6.54. The van der Waals surface area contributed by atoms with Gasteiger partial charge >= 0.3 is 5.97 Å². The molecule has 0 fully saturated rings. The first-order chi connectivity index (χ1) is 14.1. The molecule has 150 valence electrons. The number of benzene rings is 2. The third kappa shape index (κ3) is 2.97. The van der Waals surface area contributed by atoms with Crippen LogP contribution in [-0.4, -0.2) is 42.3 Å². The van der Waals surface area contributed by atoms with E-state index in [1.807, 2.05) is 34.9 Å². The molecule has 2 heterocycles. The zero-order valence-corrected chi connectivity index (χ0v) is 16.3. The number of hydrogen-bond donors (Lipinski definition) is 1. The number of nitrogens with zero attached hydrogens (tertiary/aromatic N) is 2. The van der Waals surface area contributed by atoms with Crippen LogP contribution in [0.3, 0.4) is 0 Å². The van der Waals surface area contributed by atoms with E-state index in [2.05, 4.69) is 10.3 Å². The number of esters is 1. The van der Waals surface area contributed by atoms with Gasteiger partial charge in [-0.3, -0.25) is 14.9 Å². The van der Waals surface area contributed by atoms with Crippen LogP contribution in [-0.2, 0) is 14.3 Å². The van der Waals surface area contributed by atoms with Gasteiger partial charge in [0.05, 0.1) is 37.9 Å². The fourth-order valence-corrected chi connectivity index (χ4v) is 3.83. The third-order valence-electron chi connectivity index (χ3n) is 5.00. The Balaban J connectivity index is 2.02. The molecule has 2 aromatic carbocycles. The van der Waals surface area contributed by atoms with Crippen molar-refractivity contribution in [3.05, 3.63) is 48.0 Å². The van der Waals surface area contributed by atoms with Crippen LogP contribution in [0.5, 0.6) is 11.5 Å². The topological polar surface area (TPSA) is 91.7 Å². The monoisotopic (exact) mass is 395 g/mol. The average Bonchev–Trinajstić information content (AvgIpc) is 3.09. The van der Waals surface area contributed by atoms with Crippen LogP contribution >= 0.6 is 0 Å². The Morgan fingerprint density at radius 2 is 1.93 bits per heavy atom. The summed E-state index contributed by atoms with van der Waals surface area (Å²) in [6.07, 6.45) is 0. The summed E-state index contributed by atoms with van der Waals surface area (Å²) in [7, 11) is 3.06. The molecule has 8 heteroatoms. The molecule has 0 spiro atoms. The molecular formula is C21H21N3O5. The number of fused-ring (bicyclic) bond motifs is 3. The summed E-state index contributed by atoms with van der Waals surface area (Å²) in [5, 5.41) is 2.74.